The van der Waals surface area contributed by atoms with Crippen LogP contribution in [0.1, 0.15) is 155 Å². The van der Waals surface area contributed by atoms with E-state index in [1.165, 1.54) is 32.1 Å². The first-order valence-electron chi connectivity index (χ1n) is 24.9. The van der Waals surface area contributed by atoms with E-state index in [1.807, 2.05) is 6.08 Å². The SMILES string of the molecule is CC/C=C\C/C=C\C/C=C\C/C=C\C/C=C\C/C=C\C/C=C\C/C=C\C/C=C\C/C=C\CCCCC(=O)NC(COC1OC(CO)C(O)C(O)C1O)C(O)/C=C/CCCCCCCCC. The highest BCUT2D eigenvalue weighted by Gasteiger charge is 2.44. The topological polar surface area (TPSA) is 149 Å². The van der Waals surface area contributed by atoms with Crippen LogP contribution in [0, 0.1) is 0 Å². The highest BCUT2D eigenvalue weighted by atomic mass is 16.7. The zero-order valence-electron chi connectivity index (χ0n) is 40.2. The number of aliphatic hydroxyl groups excluding tert-OH is 5. The third-order valence-electron chi connectivity index (χ3n) is 10.7. The van der Waals surface area contributed by atoms with E-state index >= 15 is 0 Å². The van der Waals surface area contributed by atoms with Crippen LogP contribution in [-0.2, 0) is 14.3 Å². The molecule has 0 aromatic carbocycles. The molecular weight excluding hydrogens is 815 g/mol. The van der Waals surface area contributed by atoms with Crippen LogP contribution in [0.15, 0.2) is 134 Å². The molecule has 6 N–H and O–H groups in total. The van der Waals surface area contributed by atoms with E-state index < -0.39 is 49.5 Å². The van der Waals surface area contributed by atoms with Crippen LogP contribution in [-0.4, -0.2) is 87.5 Å². The fraction of sp³-hybridized carbons (Fsp3) is 0.589. The molecule has 366 valence electrons. The summed E-state index contributed by atoms with van der Waals surface area (Å²) in [5.74, 6) is -0.229. The van der Waals surface area contributed by atoms with Gasteiger partial charge in [0.2, 0.25) is 5.91 Å². The van der Waals surface area contributed by atoms with Gasteiger partial charge in [-0.05, 0) is 96.3 Å². The maximum absolute atomic E-state index is 12.9. The van der Waals surface area contributed by atoms with E-state index in [0.29, 0.717) is 6.42 Å². The number of aliphatic hydroxyl groups is 5. The van der Waals surface area contributed by atoms with Crippen LogP contribution in [0.5, 0.6) is 0 Å². The number of ether oxygens (including phenoxy) is 2. The molecule has 65 heavy (non-hydrogen) atoms. The number of carbonyl (C=O) groups is 1. The summed E-state index contributed by atoms with van der Waals surface area (Å²) in [6.45, 7) is 3.57. The second-order valence-electron chi connectivity index (χ2n) is 16.5. The Bertz CT molecular complexity index is 1470. The minimum Gasteiger partial charge on any atom is -0.394 e. The van der Waals surface area contributed by atoms with Gasteiger partial charge >= 0.3 is 0 Å². The van der Waals surface area contributed by atoms with Crippen molar-refractivity contribution >= 4 is 5.91 Å². The molecule has 0 radical (unpaired) electrons. The first kappa shape index (κ1) is 59.3. The third kappa shape index (κ3) is 34.3. The normalized spacial score (nSPS) is 21.1. The van der Waals surface area contributed by atoms with Crippen molar-refractivity contribution in [1.29, 1.82) is 0 Å². The van der Waals surface area contributed by atoms with Crippen molar-refractivity contribution in [3.05, 3.63) is 134 Å². The Balaban J connectivity index is 2.26. The molecule has 9 nitrogen and oxygen atoms in total. The number of hydrogen-bond acceptors (Lipinski definition) is 8. The van der Waals surface area contributed by atoms with Crippen molar-refractivity contribution in [3.63, 3.8) is 0 Å². The van der Waals surface area contributed by atoms with Gasteiger partial charge in [-0.25, -0.2) is 0 Å². The molecule has 0 aromatic rings. The van der Waals surface area contributed by atoms with Crippen molar-refractivity contribution in [3.8, 4) is 0 Å². The Morgan fingerprint density at radius 3 is 1.42 bits per heavy atom. The van der Waals surface area contributed by atoms with Gasteiger partial charge in [0, 0.05) is 6.42 Å². The van der Waals surface area contributed by atoms with Crippen LogP contribution in [0.4, 0.5) is 0 Å². The summed E-state index contributed by atoms with van der Waals surface area (Å²) in [5, 5.41) is 54.0. The molecule has 9 heteroatoms. The lowest BCUT2D eigenvalue weighted by Gasteiger charge is -2.40. The Morgan fingerprint density at radius 1 is 0.538 bits per heavy atom. The van der Waals surface area contributed by atoms with E-state index in [4.69, 9.17) is 9.47 Å². The van der Waals surface area contributed by atoms with Crippen LogP contribution in [0.2, 0.25) is 0 Å². The van der Waals surface area contributed by atoms with Crippen LogP contribution >= 0.6 is 0 Å². The van der Waals surface area contributed by atoms with E-state index in [1.54, 1.807) is 6.08 Å². The lowest BCUT2D eigenvalue weighted by atomic mass is 9.99. The summed E-state index contributed by atoms with van der Waals surface area (Å²) >= 11 is 0. The zero-order valence-corrected chi connectivity index (χ0v) is 40.2. The van der Waals surface area contributed by atoms with Crippen LogP contribution in [0.3, 0.4) is 0 Å². The molecule has 1 saturated heterocycles. The smallest absolute Gasteiger partial charge is 0.220 e. The molecule has 1 aliphatic heterocycles. The van der Waals surface area contributed by atoms with Gasteiger partial charge in [-0.2, -0.15) is 0 Å². The Labute approximate surface area is 394 Å². The van der Waals surface area contributed by atoms with E-state index in [0.717, 1.165) is 96.3 Å². The van der Waals surface area contributed by atoms with Crippen LogP contribution < -0.4 is 5.32 Å². The van der Waals surface area contributed by atoms with Gasteiger partial charge in [0.05, 0.1) is 25.4 Å². The molecule has 1 aliphatic rings. The first-order chi connectivity index (χ1) is 31.8. The molecule has 1 heterocycles. The average molecular weight is 904 g/mol. The summed E-state index contributed by atoms with van der Waals surface area (Å²) in [7, 11) is 0. The third-order valence-corrected chi connectivity index (χ3v) is 10.7. The van der Waals surface area contributed by atoms with Crippen molar-refractivity contribution in [2.75, 3.05) is 13.2 Å². The van der Waals surface area contributed by atoms with Gasteiger partial charge in [0.15, 0.2) is 6.29 Å². The Morgan fingerprint density at radius 2 is 0.954 bits per heavy atom. The number of hydrogen-bond donors (Lipinski definition) is 6. The highest BCUT2D eigenvalue weighted by Crippen LogP contribution is 2.22. The predicted octanol–water partition coefficient (Wildman–Crippen LogP) is 11.4. The molecular formula is C56H89NO8. The molecule has 0 aromatic heterocycles. The van der Waals surface area contributed by atoms with Gasteiger partial charge in [-0.15, -0.1) is 0 Å². The Hall–Kier alpha value is -3.67. The van der Waals surface area contributed by atoms with Crippen molar-refractivity contribution in [1.82, 2.24) is 5.32 Å². The van der Waals surface area contributed by atoms with Gasteiger partial charge in [-0.3, -0.25) is 4.79 Å². The molecule has 7 atom stereocenters. The number of rotatable bonds is 39. The number of nitrogens with one attached hydrogen (secondary N) is 1. The fourth-order valence-electron chi connectivity index (χ4n) is 6.77. The summed E-state index contributed by atoms with van der Waals surface area (Å²) in [6, 6.07) is -0.836. The van der Waals surface area contributed by atoms with E-state index in [2.05, 4.69) is 141 Å². The molecule has 1 fully saturated rings. The summed E-state index contributed by atoms with van der Waals surface area (Å²) in [6.07, 6.45) is 60.9. The maximum Gasteiger partial charge on any atom is 0.220 e. The largest absolute Gasteiger partial charge is 0.394 e. The Kier molecular flexibility index (Phi) is 40.3. The molecule has 1 rings (SSSR count). The van der Waals surface area contributed by atoms with Crippen molar-refractivity contribution in [2.45, 2.75) is 198 Å². The number of carbonyl (C=O) groups excluding carboxylic acids is 1. The summed E-state index contributed by atoms with van der Waals surface area (Å²) in [4.78, 5) is 12.9. The number of allylic oxidation sites excluding steroid dienone is 21. The van der Waals surface area contributed by atoms with E-state index in [-0.39, 0.29) is 18.9 Å². The molecule has 1 amide bonds. The number of unbranched alkanes of at least 4 members (excludes halogenated alkanes) is 9. The second kappa shape index (κ2) is 44.2. The molecule has 0 aliphatic carbocycles. The summed E-state index contributed by atoms with van der Waals surface area (Å²) < 4.78 is 11.2. The van der Waals surface area contributed by atoms with Gasteiger partial charge in [0.25, 0.3) is 0 Å². The standard InChI is InChI=1S/C56H89NO8/c1-3-5-7-9-11-13-14-15-16-17-18-19-20-21-22-23-24-25-26-27-28-29-30-31-32-33-34-35-36-38-40-42-44-46-52(60)57-49(50(59)45-43-41-39-37-12-10-8-6-4-2)48-64-56-55(63)54(62)53(61)51(47-58)65-56/h5,7,11,13,15-16,18-19,21-22,24-25,27-28,30-31,33-34,36,38,43,45,49-51,53-56,58-59,61-63H,3-4,6,8-10,12,14,17,20,23,26,29,32,35,37,39-42,44,46-48H2,1-2H3,(H,57,60)/b7-5-,13-11-,16-15-,19-18-,22-21-,25-24-,28-27-,31-30-,34-33-,38-36-,45-43+. The quantitative estimate of drug-likeness (QED) is 0.0264. The van der Waals surface area contributed by atoms with Crippen LogP contribution in [0.25, 0.3) is 0 Å². The molecule has 7 unspecified atom stereocenters. The fourth-order valence-corrected chi connectivity index (χ4v) is 6.77. The van der Waals surface area contributed by atoms with Crippen molar-refractivity contribution in [2.24, 2.45) is 0 Å². The molecule has 0 bridgehead atoms. The zero-order chi connectivity index (χ0) is 47.3. The molecule has 0 spiro atoms. The van der Waals surface area contributed by atoms with Gasteiger partial charge in [-0.1, -0.05) is 186 Å². The maximum atomic E-state index is 12.9. The minimum absolute atomic E-state index is 0.216. The average Bonchev–Trinajstić information content (AvgIpc) is 3.31. The van der Waals surface area contributed by atoms with Gasteiger partial charge in [0.1, 0.15) is 24.4 Å². The minimum atomic E-state index is -1.58. The highest BCUT2D eigenvalue weighted by molar-refractivity contribution is 5.76. The number of amides is 1. The second-order valence-corrected chi connectivity index (χ2v) is 16.5. The lowest BCUT2D eigenvalue weighted by molar-refractivity contribution is -0.302. The van der Waals surface area contributed by atoms with Crippen molar-refractivity contribution < 1.29 is 39.8 Å². The lowest BCUT2D eigenvalue weighted by Crippen LogP contribution is -2.60. The summed E-state index contributed by atoms with van der Waals surface area (Å²) in [5.41, 5.74) is 0. The molecule has 0 saturated carbocycles. The monoisotopic (exact) mass is 904 g/mol. The van der Waals surface area contributed by atoms with E-state index in [9.17, 15) is 30.3 Å². The van der Waals surface area contributed by atoms with Gasteiger partial charge < -0.3 is 40.3 Å². The predicted molar refractivity (Wildman–Crippen MR) is 271 cm³/mol. The first-order valence-corrected chi connectivity index (χ1v) is 24.9.